The largest absolute Gasteiger partial charge is 0.494 e. The molecule has 0 aliphatic carbocycles. The van der Waals surface area contributed by atoms with Crippen molar-refractivity contribution in [3.8, 4) is 17.1 Å². The lowest BCUT2D eigenvalue weighted by atomic mass is 10.2. The molecule has 0 spiro atoms. The van der Waals surface area contributed by atoms with E-state index in [1.54, 1.807) is 18.7 Å². The molecule has 1 aromatic heterocycles. The van der Waals surface area contributed by atoms with E-state index in [0.717, 1.165) is 11.3 Å². The number of nitrogens with zero attached hydrogens (tertiary/aromatic N) is 3. The Morgan fingerprint density at radius 1 is 1.20 bits per heavy atom. The van der Waals surface area contributed by atoms with Crippen LogP contribution >= 0.6 is 0 Å². The number of ether oxygens (including phenoxy) is 2. The molecule has 0 N–H and O–H groups in total. The summed E-state index contributed by atoms with van der Waals surface area (Å²) >= 11 is 0. The Kier molecular flexibility index (Phi) is 4.34. The van der Waals surface area contributed by atoms with Gasteiger partial charge in [-0.2, -0.15) is 0 Å². The van der Waals surface area contributed by atoms with Gasteiger partial charge in [0.2, 0.25) is 0 Å². The van der Waals surface area contributed by atoms with Gasteiger partial charge < -0.3 is 9.47 Å². The number of aromatic nitrogens is 3. The summed E-state index contributed by atoms with van der Waals surface area (Å²) in [6.07, 6.45) is 0. The molecular weight excluding hydrogens is 258 g/mol. The van der Waals surface area contributed by atoms with Crippen LogP contribution in [0.5, 0.6) is 5.75 Å². The highest BCUT2D eigenvalue weighted by molar-refractivity contribution is 5.85. The van der Waals surface area contributed by atoms with Crippen molar-refractivity contribution in [2.45, 2.75) is 13.8 Å². The Balaban J connectivity index is 2.26. The van der Waals surface area contributed by atoms with Crippen LogP contribution in [0.1, 0.15) is 24.5 Å². The number of carbonyl (C=O) groups excluding carboxylic acids is 1. The van der Waals surface area contributed by atoms with Crippen LogP contribution in [-0.4, -0.2) is 33.9 Å². The van der Waals surface area contributed by atoms with Gasteiger partial charge in [0.15, 0.2) is 5.82 Å². The van der Waals surface area contributed by atoms with Gasteiger partial charge in [0.05, 0.1) is 13.2 Å². The van der Waals surface area contributed by atoms with Crippen LogP contribution in [0.25, 0.3) is 11.4 Å². The number of esters is 1. The van der Waals surface area contributed by atoms with Crippen molar-refractivity contribution < 1.29 is 14.3 Å². The van der Waals surface area contributed by atoms with Crippen molar-refractivity contribution >= 4 is 5.97 Å². The fourth-order valence-corrected chi connectivity index (χ4v) is 1.78. The molecule has 0 saturated heterocycles. The number of rotatable bonds is 5. The van der Waals surface area contributed by atoms with Crippen LogP contribution in [0.15, 0.2) is 24.3 Å². The fourth-order valence-electron chi connectivity index (χ4n) is 1.78. The predicted octanol–water partition coefficient (Wildman–Crippen LogP) is 2.06. The smallest absolute Gasteiger partial charge is 0.378 e. The third-order valence-corrected chi connectivity index (χ3v) is 2.64. The lowest BCUT2D eigenvalue weighted by molar-refractivity contribution is 0.0512. The molecule has 0 aliphatic heterocycles. The summed E-state index contributed by atoms with van der Waals surface area (Å²) in [5.74, 6) is 0.957. The Morgan fingerprint density at radius 2 is 1.90 bits per heavy atom. The molecule has 20 heavy (non-hydrogen) atoms. The average molecular weight is 275 g/mol. The maximum absolute atomic E-state index is 11.6. The molecule has 1 heterocycles. The van der Waals surface area contributed by atoms with E-state index in [0.29, 0.717) is 19.0 Å². The average Bonchev–Trinajstić information content (AvgIpc) is 2.83. The predicted molar refractivity (Wildman–Crippen MR) is 73.6 cm³/mol. The molecule has 0 aliphatic rings. The molecule has 0 amide bonds. The van der Waals surface area contributed by atoms with Crippen molar-refractivity contribution in [1.29, 1.82) is 0 Å². The van der Waals surface area contributed by atoms with Crippen molar-refractivity contribution in [2.75, 3.05) is 13.2 Å². The van der Waals surface area contributed by atoms with E-state index in [1.807, 2.05) is 31.2 Å². The van der Waals surface area contributed by atoms with Gasteiger partial charge in [-0.1, -0.05) is 0 Å². The summed E-state index contributed by atoms with van der Waals surface area (Å²) in [7, 11) is 1.74. The number of benzene rings is 1. The first-order valence-electron chi connectivity index (χ1n) is 6.47. The maximum Gasteiger partial charge on any atom is 0.378 e. The number of carbonyl (C=O) groups is 1. The fraction of sp³-hybridized carbons (Fsp3) is 0.357. The van der Waals surface area contributed by atoms with E-state index in [4.69, 9.17) is 9.47 Å². The molecule has 0 saturated carbocycles. The van der Waals surface area contributed by atoms with E-state index < -0.39 is 5.97 Å². The zero-order chi connectivity index (χ0) is 14.5. The molecule has 0 atom stereocenters. The van der Waals surface area contributed by atoms with Gasteiger partial charge in [0.25, 0.3) is 5.82 Å². The molecule has 106 valence electrons. The van der Waals surface area contributed by atoms with Crippen LogP contribution in [0.3, 0.4) is 0 Å². The normalized spacial score (nSPS) is 10.3. The van der Waals surface area contributed by atoms with Crippen LogP contribution in [0.2, 0.25) is 0 Å². The standard InChI is InChI=1S/C14H17N3O3/c1-4-19-11-8-6-10(7-9-11)13-15-12(16-17(13)3)14(18)20-5-2/h6-9H,4-5H2,1-3H3. The van der Waals surface area contributed by atoms with Gasteiger partial charge in [-0.3, -0.25) is 0 Å². The van der Waals surface area contributed by atoms with Crippen molar-refractivity contribution in [1.82, 2.24) is 14.8 Å². The van der Waals surface area contributed by atoms with Crippen molar-refractivity contribution in [3.63, 3.8) is 0 Å². The molecule has 2 rings (SSSR count). The van der Waals surface area contributed by atoms with Crippen LogP contribution in [-0.2, 0) is 11.8 Å². The minimum absolute atomic E-state index is 0.0678. The van der Waals surface area contributed by atoms with E-state index in [9.17, 15) is 4.79 Å². The summed E-state index contributed by atoms with van der Waals surface area (Å²) in [6, 6.07) is 7.48. The number of hydrogen-bond donors (Lipinski definition) is 0. The molecule has 1 aromatic carbocycles. The zero-order valence-electron chi connectivity index (χ0n) is 11.8. The molecule has 0 bridgehead atoms. The van der Waals surface area contributed by atoms with Crippen molar-refractivity contribution in [2.24, 2.45) is 7.05 Å². The van der Waals surface area contributed by atoms with Gasteiger partial charge in [0.1, 0.15) is 5.75 Å². The maximum atomic E-state index is 11.6. The lowest BCUT2D eigenvalue weighted by Crippen LogP contribution is -2.07. The second-order valence-electron chi connectivity index (χ2n) is 4.06. The second-order valence-corrected chi connectivity index (χ2v) is 4.06. The summed E-state index contributed by atoms with van der Waals surface area (Å²) in [5.41, 5.74) is 0.860. The SMILES string of the molecule is CCOC(=O)c1nc(-c2ccc(OCC)cc2)n(C)n1. The van der Waals surface area contributed by atoms with Crippen LogP contribution < -0.4 is 4.74 Å². The van der Waals surface area contributed by atoms with Gasteiger partial charge in [-0.15, -0.1) is 5.10 Å². The van der Waals surface area contributed by atoms with Gasteiger partial charge in [-0.25, -0.2) is 14.5 Å². The molecular formula is C14H17N3O3. The van der Waals surface area contributed by atoms with Crippen LogP contribution in [0, 0.1) is 0 Å². The van der Waals surface area contributed by atoms with Gasteiger partial charge in [-0.05, 0) is 38.1 Å². The summed E-state index contributed by atoms with van der Waals surface area (Å²) in [4.78, 5) is 15.8. The van der Waals surface area contributed by atoms with Gasteiger partial charge in [0, 0.05) is 12.6 Å². The van der Waals surface area contributed by atoms with Gasteiger partial charge >= 0.3 is 5.97 Å². The zero-order valence-corrected chi connectivity index (χ0v) is 11.8. The first-order valence-corrected chi connectivity index (χ1v) is 6.47. The molecule has 6 nitrogen and oxygen atoms in total. The first kappa shape index (κ1) is 14.0. The van der Waals surface area contributed by atoms with E-state index >= 15 is 0 Å². The third kappa shape index (κ3) is 2.96. The minimum atomic E-state index is -0.514. The lowest BCUT2D eigenvalue weighted by Gasteiger charge is -2.04. The monoisotopic (exact) mass is 275 g/mol. The van der Waals surface area contributed by atoms with Crippen molar-refractivity contribution in [3.05, 3.63) is 30.1 Å². The summed E-state index contributed by atoms with van der Waals surface area (Å²) in [5, 5.41) is 4.06. The highest BCUT2D eigenvalue weighted by atomic mass is 16.5. The number of aryl methyl sites for hydroxylation is 1. The molecule has 2 aromatic rings. The van der Waals surface area contributed by atoms with E-state index in [-0.39, 0.29) is 5.82 Å². The topological polar surface area (TPSA) is 66.2 Å². The van der Waals surface area contributed by atoms with Crippen LogP contribution in [0.4, 0.5) is 0 Å². The quantitative estimate of drug-likeness (QED) is 0.781. The highest BCUT2D eigenvalue weighted by Gasteiger charge is 2.16. The minimum Gasteiger partial charge on any atom is -0.494 e. The van der Waals surface area contributed by atoms with E-state index in [1.165, 1.54) is 0 Å². The Labute approximate surface area is 117 Å². The van der Waals surface area contributed by atoms with E-state index in [2.05, 4.69) is 10.1 Å². The number of hydrogen-bond acceptors (Lipinski definition) is 5. The third-order valence-electron chi connectivity index (χ3n) is 2.64. The Hall–Kier alpha value is -2.37. The molecule has 0 radical (unpaired) electrons. The molecule has 6 heteroatoms. The Morgan fingerprint density at radius 3 is 2.50 bits per heavy atom. The molecule has 0 unspecified atom stereocenters. The summed E-state index contributed by atoms with van der Waals surface area (Å²) in [6.45, 7) is 4.60. The Bertz CT molecular complexity index is 590. The highest BCUT2D eigenvalue weighted by Crippen LogP contribution is 2.20. The first-order chi connectivity index (χ1) is 9.65. The second kappa shape index (κ2) is 6.18. The summed E-state index contributed by atoms with van der Waals surface area (Å²) < 4.78 is 11.8. The molecule has 0 fully saturated rings.